The highest BCUT2D eigenvalue weighted by molar-refractivity contribution is 7.89. The summed E-state index contributed by atoms with van der Waals surface area (Å²) in [6.45, 7) is 5.64. The van der Waals surface area contributed by atoms with E-state index < -0.39 is 10.0 Å². The molecule has 0 radical (unpaired) electrons. The molecule has 1 aromatic heterocycles. The number of imidazole rings is 1. The van der Waals surface area contributed by atoms with Crippen molar-refractivity contribution in [1.29, 1.82) is 0 Å². The minimum atomic E-state index is -3.67. The first-order valence-electron chi connectivity index (χ1n) is 10.3. The molecule has 0 saturated carbocycles. The molecule has 1 heterocycles. The van der Waals surface area contributed by atoms with Crippen molar-refractivity contribution in [3.8, 4) is 11.3 Å². The molecule has 0 spiro atoms. The van der Waals surface area contributed by atoms with Crippen LogP contribution in [0.3, 0.4) is 0 Å². The Balaban J connectivity index is 1.56. The summed E-state index contributed by atoms with van der Waals surface area (Å²) in [4.78, 5) is 20.3. The Kier molecular flexibility index (Phi) is 7.25. The van der Waals surface area contributed by atoms with Gasteiger partial charge in [0.05, 0.1) is 22.8 Å². The second-order valence-electron chi connectivity index (χ2n) is 7.49. The largest absolute Gasteiger partial charge is 0.346 e. The fraction of sp³-hybridized carbons (Fsp3) is 0.304. The zero-order valence-corrected chi connectivity index (χ0v) is 18.8. The summed E-state index contributed by atoms with van der Waals surface area (Å²) in [7, 11) is -3.67. The molecule has 0 fully saturated rings. The van der Waals surface area contributed by atoms with Gasteiger partial charge >= 0.3 is 0 Å². The average Bonchev–Trinajstić information content (AvgIpc) is 3.22. The Morgan fingerprint density at radius 2 is 1.87 bits per heavy atom. The molecule has 164 valence electrons. The number of nitrogens with zero attached hydrogens (tertiary/aromatic N) is 1. The molecule has 3 rings (SSSR count). The van der Waals surface area contributed by atoms with Crippen LogP contribution in [0.1, 0.15) is 42.8 Å². The minimum Gasteiger partial charge on any atom is -0.346 e. The second kappa shape index (κ2) is 9.89. The standard InChI is InChI=1S/C23H28N4O3S/c1-4-19(23-24-15-20(27-23)18-8-6-5-7-9-18)26-22(28)12-13-25-31(29,30)21-11-10-16(2)14-17(21)3/h5-11,14-15,19,25H,4,12-13H2,1-3H3,(H,24,27)(H,26,28). The maximum Gasteiger partial charge on any atom is 0.240 e. The molecular weight excluding hydrogens is 412 g/mol. The van der Waals surface area contributed by atoms with Crippen molar-refractivity contribution in [2.45, 2.75) is 44.6 Å². The van der Waals surface area contributed by atoms with Gasteiger partial charge in [0.25, 0.3) is 0 Å². The normalized spacial score (nSPS) is 12.5. The topological polar surface area (TPSA) is 104 Å². The van der Waals surface area contributed by atoms with Gasteiger partial charge in [-0.15, -0.1) is 0 Å². The highest BCUT2D eigenvalue weighted by atomic mass is 32.2. The van der Waals surface area contributed by atoms with Crippen LogP contribution >= 0.6 is 0 Å². The molecule has 3 aromatic rings. The van der Waals surface area contributed by atoms with Gasteiger partial charge in [0.15, 0.2) is 0 Å². The van der Waals surface area contributed by atoms with Crippen LogP contribution in [0.25, 0.3) is 11.3 Å². The molecule has 8 heteroatoms. The van der Waals surface area contributed by atoms with E-state index >= 15 is 0 Å². The number of nitrogens with one attached hydrogen (secondary N) is 3. The van der Waals surface area contributed by atoms with E-state index in [0.29, 0.717) is 17.8 Å². The maximum absolute atomic E-state index is 12.5. The Morgan fingerprint density at radius 3 is 2.55 bits per heavy atom. The molecular formula is C23H28N4O3S. The Labute approximate surface area is 183 Å². The third kappa shape index (κ3) is 5.80. The highest BCUT2D eigenvalue weighted by Crippen LogP contribution is 2.20. The van der Waals surface area contributed by atoms with Crippen molar-refractivity contribution in [2.24, 2.45) is 0 Å². The summed E-state index contributed by atoms with van der Waals surface area (Å²) >= 11 is 0. The number of hydrogen-bond acceptors (Lipinski definition) is 4. The zero-order chi connectivity index (χ0) is 22.4. The van der Waals surface area contributed by atoms with E-state index in [1.807, 2.05) is 50.2 Å². The van der Waals surface area contributed by atoms with Crippen LogP contribution in [0.2, 0.25) is 0 Å². The Bertz CT molecular complexity index is 1140. The second-order valence-corrected chi connectivity index (χ2v) is 9.23. The SMILES string of the molecule is CCC(NC(=O)CCNS(=O)(=O)c1ccc(C)cc1C)c1ncc(-c2ccccc2)[nH]1. The third-order valence-corrected chi connectivity index (χ3v) is 6.64. The predicted octanol–water partition coefficient (Wildman–Crippen LogP) is 3.63. The van der Waals surface area contributed by atoms with Crippen LogP contribution in [-0.2, 0) is 14.8 Å². The van der Waals surface area contributed by atoms with Crippen LogP contribution < -0.4 is 10.0 Å². The van der Waals surface area contributed by atoms with Gasteiger partial charge in [0, 0.05) is 13.0 Å². The van der Waals surface area contributed by atoms with Gasteiger partial charge in [-0.3, -0.25) is 4.79 Å². The van der Waals surface area contributed by atoms with Crippen molar-refractivity contribution < 1.29 is 13.2 Å². The van der Waals surface area contributed by atoms with Crippen LogP contribution in [0.15, 0.2) is 59.6 Å². The summed E-state index contributed by atoms with van der Waals surface area (Å²) < 4.78 is 27.6. The van der Waals surface area contributed by atoms with Gasteiger partial charge in [-0.25, -0.2) is 18.1 Å². The summed E-state index contributed by atoms with van der Waals surface area (Å²) in [6.07, 6.45) is 2.44. The number of rotatable bonds is 9. The van der Waals surface area contributed by atoms with Crippen LogP contribution in [-0.4, -0.2) is 30.8 Å². The smallest absolute Gasteiger partial charge is 0.240 e. The third-order valence-electron chi connectivity index (χ3n) is 5.02. The van der Waals surface area contributed by atoms with Crippen molar-refractivity contribution in [2.75, 3.05) is 6.54 Å². The summed E-state index contributed by atoms with van der Waals surface area (Å²) in [5.41, 5.74) is 3.57. The molecule has 0 saturated heterocycles. The first-order chi connectivity index (χ1) is 14.8. The fourth-order valence-corrected chi connectivity index (χ4v) is 4.64. The van der Waals surface area contributed by atoms with E-state index in [2.05, 4.69) is 20.0 Å². The quantitative estimate of drug-likeness (QED) is 0.473. The Hall–Kier alpha value is -2.97. The lowest BCUT2D eigenvalue weighted by atomic mass is 10.2. The molecule has 2 aromatic carbocycles. The van der Waals surface area contributed by atoms with E-state index in [1.54, 1.807) is 25.3 Å². The van der Waals surface area contributed by atoms with Crippen LogP contribution in [0.4, 0.5) is 0 Å². The molecule has 0 aliphatic rings. The molecule has 1 atom stereocenters. The minimum absolute atomic E-state index is 0.0192. The summed E-state index contributed by atoms with van der Waals surface area (Å²) in [5.74, 6) is 0.429. The first kappa shape index (κ1) is 22.7. The Morgan fingerprint density at radius 1 is 1.13 bits per heavy atom. The fourth-order valence-electron chi connectivity index (χ4n) is 3.39. The monoisotopic (exact) mass is 440 g/mol. The lowest BCUT2D eigenvalue weighted by Gasteiger charge is -2.15. The molecule has 0 bridgehead atoms. The number of aromatic amines is 1. The van der Waals surface area contributed by atoms with Gasteiger partial charge in [-0.05, 0) is 37.5 Å². The summed E-state index contributed by atoms with van der Waals surface area (Å²) in [6, 6.07) is 14.7. The van der Waals surface area contributed by atoms with Crippen molar-refractivity contribution in [3.63, 3.8) is 0 Å². The van der Waals surface area contributed by atoms with E-state index in [4.69, 9.17) is 0 Å². The highest BCUT2D eigenvalue weighted by Gasteiger charge is 2.19. The number of aryl methyl sites for hydroxylation is 2. The van der Waals surface area contributed by atoms with Gasteiger partial charge in [0.1, 0.15) is 5.82 Å². The lowest BCUT2D eigenvalue weighted by molar-refractivity contribution is -0.121. The van der Waals surface area contributed by atoms with E-state index in [1.165, 1.54) is 0 Å². The van der Waals surface area contributed by atoms with Crippen LogP contribution in [0, 0.1) is 13.8 Å². The maximum atomic E-state index is 12.5. The number of hydrogen-bond donors (Lipinski definition) is 3. The van der Waals surface area contributed by atoms with E-state index in [0.717, 1.165) is 16.8 Å². The van der Waals surface area contributed by atoms with Crippen LogP contribution in [0.5, 0.6) is 0 Å². The number of sulfonamides is 1. The number of H-pyrrole nitrogens is 1. The molecule has 0 aliphatic heterocycles. The van der Waals surface area contributed by atoms with Crippen molar-refractivity contribution in [3.05, 3.63) is 71.7 Å². The summed E-state index contributed by atoms with van der Waals surface area (Å²) in [5, 5.41) is 2.93. The zero-order valence-electron chi connectivity index (χ0n) is 18.0. The van der Waals surface area contributed by atoms with Gasteiger partial charge in [-0.2, -0.15) is 0 Å². The van der Waals surface area contributed by atoms with E-state index in [9.17, 15) is 13.2 Å². The van der Waals surface area contributed by atoms with Crippen molar-refractivity contribution in [1.82, 2.24) is 20.0 Å². The van der Waals surface area contributed by atoms with Gasteiger partial charge < -0.3 is 10.3 Å². The number of carbonyl (C=O) groups excluding carboxylic acids is 1. The molecule has 31 heavy (non-hydrogen) atoms. The predicted molar refractivity (Wildman–Crippen MR) is 121 cm³/mol. The van der Waals surface area contributed by atoms with E-state index in [-0.39, 0.29) is 29.8 Å². The molecule has 3 N–H and O–H groups in total. The number of carbonyl (C=O) groups is 1. The number of amides is 1. The lowest BCUT2D eigenvalue weighted by Crippen LogP contribution is -2.33. The number of aromatic nitrogens is 2. The average molecular weight is 441 g/mol. The van der Waals surface area contributed by atoms with Gasteiger partial charge in [-0.1, -0.05) is 55.0 Å². The number of benzene rings is 2. The molecule has 1 unspecified atom stereocenters. The molecule has 0 aliphatic carbocycles. The van der Waals surface area contributed by atoms with Gasteiger partial charge in [0.2, 0.25) is 15.9 Å². The molecule has 1 amide bonds. The molecule has 7 nitrogen and oxygen atoms in total. The first-order valence-corrected chi connectivity index (χ1v) is 11.7. The van der Waals surface area contributed by atoms with Crippen molar-refractivity contribution >= 4 is 15.9 Å².